The monoisotopic (exact) mass is 603 g/mol. The van der Waals surface area contributed by atoms with Crippen LogP contribution in [-0.4, -0.2) is 43.8 Å². The maximum Gasteiger partial charge on any atom is 0.264 e. The molecule has 214 valence electrons. The summed E-state index contributed by atoms with van der Waals surface area (Å²) in [6.45, 7) is 10.3. The molecule has 40 heavy (non-hydrogen) atoms. The van der Waals surface area contributed by atoms with E-state index in [2.05, 4.69) is 5.32 Å². The van der Waals surface area contributed by atoms with Gasteiger partial charge in [0.25, 0.3) is 10.0 Å². The molecular formula is C30H35Cl2N3O4S. The number of amides is 2. The fourth-order valence-electron chi connectivity index (χ4n) is 4.18. The van der Waals surface area contributed by atoms with Crippen molar-refractivity contribution in [2.45, 2.75) is 65.1 Å². The van der Waals surface area contributed by atoms with Crippen LogP contribution in [-0.2, 0) is 26.2 Å². The first-order chi connectivity index (χ1) is 18.7. The van der Waals surface area contributed by atoms with Crippen LogP contribution < -0.4 is 9.62 Å². The van der Waals surface area contributed by atoms with Gasteiger partial charge in [-0.1, -0.05) is 59.1 Å². The fraction of sp³-hybridized carbons (Fsp3) is 0.333. The minimum atomic E-state index is -4.14. The summed E-state index contributed by atoms with van der Waals surface area (Å²) in [5, 5.41) is 3.51. The summed E-state index contributed by atoms with van der Waals surface area (Å²) in [4.78, 5) is 28.5. The van der Waals surface area contributed by atoms with E-state index in [1.165, 1.54) is 17.0 Å². The van der Waals surface area contributed by atoms with Crippen molar-refractivity contribution in [3.05, 3.63) is 93.0 Å². The second-order valence-electron chi connectivity index (χ2n) is 10.2. The van der Waals surface area contributed by atoms with Crippen molar-refractivity contribution in [2.75, 3.05) is 10.8 Å². The Morgan fingerprint density at radius 1 is 0.900 bits per heavy atom. The number of nitrogens with zero attached hydrogens (tertiary/aromatic N) is 2. The highest BCUT2D eigenvalue weighted by atomic mass is 35.5. The molecule has 0 aliphatic carbocycles. The van der Waals surface area contributed by atoms with E-state index in [-0.39, 0.29) is 23.4 Å². The van der Waals surface area contributed by atoms with Crippen molar-refractivity contribution in [1.82, 2.24) is 10.2 Å². The molecule has 1 N–H and O–H groups in total. The summed E-state index contributed by atoms with van der Waals surface area (Å²) in [7, 11) is -4.14. The van der Waals surface area contributed by atoms with E-state index in [1.54, 1.807) is 49.4 Å². The van der Waals surface area contributed by atoms with E-state index in [1.807, 2.05) is 40.7 Å². The molecule has 0 unspecified atom stereocenters. The van der Waals surface area contributed by atoms with Crippen molar-refractivity contribution >= 4 is 50.7 Å². The van der Waals surface area contributed by atoms with Gasteiger partial charge in [0.1, 0.15) is 12.6 Å². The lowest BCUT2D eigenvalue weighted by atomic mass is 10.1. The molecule has 0 heterocycles. The predicted octanol–water partition coefficient (Wildman–Crippen LogP) is 6.06. The third-order valence-electron chi connectivity index (χ3n) is 6.67. The summed E-state index contributed by atoms with van der Waals surface area (Å²) in [5.41, 5.74) is 3.56. The van der Waals surface area contributed by atoms with Crippen LogP contribution in [0.1, 0.15) is 43.0 Å². The summed E-state index contributed by atoms with van der Waals surface area (Å²) in [6, 6.07) is 15.7. The Hall–Kier alpha value is -3.07. The highest BCUT2D eigenvalue weighted by molar-refractivity contribution is 7.92. The molecule has 2 amide bonds. The van der Waals surface area contributed by atoms with Gasteiger partial charge in [-0.05, 0) is 88.6 Å². The molecule has 0 saturated heterocycles. The Bertz CT molecular complexity index is 1490. The summed E-state index contributed by atoms with van der Waals surface area (Å²) < 4.78 is 29.1. The van der Waals surface area contributed by atoms with Crippen molar-refractivity contribution in [1.29, 1.82) is 0 Å². The number of halogens is 2. The van der Waals surface area contributed by atoms with Crippen molar-refractivity contribution in [2.24, 2.45) is 0 Å². The van der Waals surface area contributed by atoms with Gasteiger partial charge in [0.05, 0.1) is 20.6 Å². The molecule has 0 bridgehead atoms. The Balaban J connectivity index is 2.09. The van der Waals surface area contributed by atoms with E-state index in [9.17, 15) is 18.0 Å². The molecule has 1 atom stereocenters. The number of hydrogen-bond acceptors (Lipinski definition) is 4. The molecule has 0 radical (unpaired) electrons. The van der Waals surface area contributed by atoms with Gasteiger partial charge in [0, 0.05) is 12.6 Å². The van der Waals surface area contributed by atoms with E-state index < -0.39 is 28.5 Å². The van der Waals surface area contributed by atoms with Gasteiger partial charge in [-0.15, -0.1) is 0 Å². The normalized spacial score (nSPS) is 12.2. The standard InChI is InChI=1S/C30H35Cl2N3O4S/c1-19(2)33-30(37)23(6)34(17-24-12-15-26(31)27(32)16-24)29(36)18-35(28-9-7-8-21(4)22(28)5)40(38,39)25-13-10-20(3)11-14-25/h7-16,19,23H,17-18H2,1-6H3,(H,33,37)/t23-/m1/s1. The van der Waals surface area contributed by atoms with Gasteiger partial charge in [-0.25, -0.2) is 8.42 Å². The van der Waals surface area contributed by atoms with Crippen LogP contribution in [0, 0.1) is 20.8 Å². The molecule has 3 rings (SSSR count). The number of rotatable bonds is 10. The van der Waals surface area contributed by atoms with Gasteiger partial charge >= 0.3 is 0 Å². The van der Waals surface area contributed by atoms with Crippen molar-refractivity contribution in [3.63, 3.8) is 0 Å². The molecule has 7 nitrogen and oxygen atoms in total. The van der Waals surface area contributed by atoms with E-state index in [4.69, 9.17) is 23.2 Å². The topological polar surface area (TPSA) is 86.8 Å². The second kappa shape index (κ2) is 13.1. The lowest BCUT2D eigenvalue weighted by molar-refractivity contribution is -0.139. The summed E-state index contributed by atoms with van der Waals surface area (Å²) in [6.07, 6.45) is 0. The molecule has 0 spiro atoms. The van der Waals surface area contributed by atoms with Crippen LogP contribution in [0.25, 0.3) is 0 Å². The molecule has 0 saturated carbocycles. The van der Waals surface area contributed by atoms with Gasteiger partial charge in [-0.3, -0.25) is 13.9 Å². The largest absolute Gasteiger partial charge is 0.352 e. The average Bonchev–Trinajstić information content (AvgIpc) is 2.89. The first-order valence-corrected chi connectivity index (χ1v) is 15.1. The van der Waals surface area contributed by atoms with Crippen LogP contribution in [0.15, 0.2) is 65.6 Å². The third kappa shape index (κ3) is 7.36. The quantitative estimate of drug-likeness (QED) is 0.305. The molecule has 0 fully saturated rings. The Labute approximate surface area is 247 Å². The minimum Gasteiger partial charge on any atom is -0.352 e. The fourth-order valence-corrected chi connectivity index (χ4v) is 5.97. The smallest absolute Gasteiger partial charge is 0.264 e. The van der Waals surface area contributed by atoms with E-state index in [0.717, 1.165) is 21.0 Å². The van der Waals surface area contributed by atoms with Gasteiger partial charge in [0.2, 0.25) is 11.8 Å². The molecule has 10 heteroatoms. The zero-order chi connectivity index (χ0) is 29.8. The number of benzene rings is 3. The van der Waals surface area contributed by atoms with E-state index in [0.29, 0.717) is 21.3 Å². The molecule has 3 aromatic carbocycles. The Morgan fingerprint density at radius 2 is 1.55 bits per heavy atom. The molecule has 0 aromatic heterocycles. The number of aryl methyl sites for hydroxylation is 2. The third-order valence-corrected chi connectivity index (χ3v) is 9.18. The number of carbonyl (C=O) groups excluding carboxylic acids is 2. The van der Waals surface area contributed by atoms with Crippen LogP contribution in [0.3, 0.4) is 0 Å². The number of anilines is 1. The van der Waals surface area contributed by atoms with Crippen molar-refractivity contribution in [3.8, 4) is 0 Å². The number of carbonyl (C=O) groups is 2. The van der Waals surface area contributed by atoms with Crippen LogP contribution in [0.5, 0.6) is 0 Å². The van der Waals surface area contributed by atoms with Gasteiger partial charge in [-0.2, -0.15) is 0 Å². The Morgan fingerprint density at radius 3 is 2.15 bits per heavy atom. The average molecular weight is 605 g/mol. The molecular weight excluding hydrogens is 569 g/mol. The number of sulfonamides is 1. The lowest BCUT2D eigenvalue weighted by Gasteiger charge is -2.33. The van der Waals surface area contributed by atoms with Crippen LogP contribution in [0.4, 0.5) is 5.69 Å². The van der Waals surface area contributed by atoms with Gasteiger partial charge < -0.3 is 10.2 Å². The van der Waals surface area contributed by atoms with Crippen LogP contribution >= 0.6 is 23.2 Å². The lowest BCUT2D eigenvalue weighted by Crippen LogP contribution is -2.52. The van der Waals surface area contributed by atoms with Gasteiger partial charge in [0.15, 0.2) is 0 Å². The molecule has 0 aliphatic rings. The van der Waals surface area contributed by atoms with Crippen molar-refractivity contribution < 1.29 is 18.0 Å². The number of nitrogens with one attached hydrogen (secondary N) is 1. The minimum absolute atomic E-state index is 0.0215. The number of hydrogen-bond donors (Lipinski definition) is 1. The summed E-state index contributed by atoms with van der Waals surface area (Å²) in [5.74, 6) is -0.905. The Kier molecular flexibility index (Phi) is 10.3. The molecule has 3 aromatic rings. The first-order valence-electron chi connectivity index (χ1n) is 12.9. The predicted molar refractivity (Wildman–Crippen MR) is 161 cm³/mol. The highest BCUT2D eigenvalue weighted by Gasteiger charge is 2.33. The maximum atomic E-state index is 14.0. The first kappa shape index (κ1) is 31.5. The SMILES string of the molecule is Cc1ccc(S(=O)(=O)N(CC(=O)N(Cc2ccc(Cl)c(Cl)c2)[C@H](C)C(=O)NC(C)C)c2cccc(C)c2C)cc1. The zero-order valence-corrected chi connectivity index (χ0v) is 25.9. The maximum absolute atomic E-state index is 14.0. The molecule has 0 aliphatic heterocycles. The highest BCUT2D eigenvalue weighted by Crippen LogP contribution is 2.30. The zero-order valence-electron chi connectivity index (χ0n) is 23.5. The second-order valence-corrected chi connectivity index (χ2v) is 12.8. The summed E-state index contributed by atoms with van der Waals surface area (Å²) >= 11 is 12.3. The van der Waals surface area contributed by atoms with Crippen LogP contribution in [0.2, 0.25) is 10.0 Å². The van der Waals surface area contributed by atoms with E-state index >= 15 is 0 Å².